The van der Waals surface area contributed by atoms with Gasteiger partial charge in [-0.15, -0.1) is 0 Å². The maximum Gasteiger partial charge on any atom is 0.251 e. The molecule has 0 saturated carbocycles. The number of rotatable bonds is 1. The molecule has 0 spiro atoms. The van der Waals surface area contributed by atoms with Crippen molar-refractivity contribution in [3.8, 4) is 0 Å². The molecule has 0 aliphatic heterocycles. The van der Waals surface area contributed by atoms with Crippen molar-refractivity contribution >= 4 is 24.9 Å². The van der Waals surface area contributed by atoms with Crippen LogP contribution in [-0.4, -0.2) is 13.8 Å². The van der Waals surface area contributed by atoms with Gasteiger partial charge in [-0.2, -0.15) is 0 Å². The Bertz CT molecular complexity index is 340. The molecular formula is C7H8BFN2O. The Morgan fingerprint density at radius 1 is 1.50 bits per heavy atom. The van der Waals surface area contributed by atoms with Gasteiger partial charge in [0.15, 0.2) is 0 Å². The molecule has 0 aromatic heterocycles. The number of carbonyl (C=O) groups excluding carboxylic acids is 1. The Balaban J connectivity index is 3.33. The van der Waals surface area contributed by atoms with Gasteiger partial charge in [-0.05, 0) is 12.1 Å². The molecule has 0 aliphatic rings. The first-order valence-electron chi connectivity index (χ1n) is 3.38. The zero-order valence-corrected chi connectivity index (χ0v) is 6.60. The van der Waals surface area contributed by atoms with E-state index in [4.69, 9.17) is 11.5 Å². The van der Waals surface area contributed by atoms with Gasteiger partial charge < -0.3 is 11.5 Å². The van der Waals surface area contributed by atoms with Crippen LogP contribution in [0.2, 0.25) is 0 Å². The molecule has 4 N–H and O–H groups in total. The van der Waals surface area contributed by atoms with E-state index < -0.39 is 11.7 Å². The first-order chi connectivity index (χ1) is 5.52. The second-order valence-corrected chi connectivity index (χ2v) is 2.55. The van der Waals surface area contributed by atoms with Crippen LogP contribution in [0, 0.1) is 5.82 Å². The lowest BCUT2D eigenvalue weighted by molar-refractivity contribution is 0.0996. The normalized spacial score (nSPS) is 9.75. The summed E-state index contributed by atoms with van der Waals surface area (Å²) in [6.45, 7) is 0. The van der Waals surface area contributed by atoms with Crippen LogP contribution in [0.5, 0.6) is 0 Å². The monoisotopic (exact) mass is 166 g/mol. The van der Waals surface area contributed by atoms with E-state index in [1.165, 1.54) is 12.1 Å². The number of halogens is 1. The molecule has 62 valence electrons. The minimum Gasteiger partial charge on any atom is -0.399 e. The molecular weight excluding hydrogens is 158 g/mol. The second kappa shape index (κ2) is 2.85. The molecule has 5 heteroatoms. The van der Waals surface area contributed by atoms with Crippen molar-refractivity contribution in [2.75, 3.05) is 5.73 Å². The summed E-state index contributed by atoms with van der Waals surface area (Å²) in [5, 5.41) is 0. The fourth-order valence-electron chi connectivity index (χ4n) is 0.878. The molecule has 0 bridgehead atoms. The fourth-order valence-corrected chi connectivity index (χ4v) is 0.878. The molecule has 0 unspecified atom stereocenters. The second-order valence-electron chi connectivity index (χ2n) is 2.55. The minimum atomic E-state index is -0.806. The lowest BCUT2D eigenvalue weighted by Gasteiger charge is -2.03. The highest BCUT2D eigenvalue weighted by Gasteiger charge is 2.09. The van der Waals surface area contributed by atoms with E-state index in [-0.39, 0.29) is 5.56 Å². The summed E-state index contributed by atoms with van der Waals surface area (Å²) in [6, 6.07) is 2.43. The quantitative estimate of drug-likeness (QED) is 0.404. The molecule has 3 nitrogen and oxygen atoms in total. The number of benzene rings is 1. The van der Waals surface area contributed by atoms with Gasteiger partial charge in [0.25, 0.3) is 5.91 Å². The molecule has 1 rings (SSSR count). The van der Waals surface area contributed by atoms with Gasteiger partial charge in [-0.25, -0.2) is 4.39 Å². The highest BCUT2D eigenvalue weighted by atomic mass is 19.1. The third kappa shape index (κ3) is 1.39. The van der Waals surface area contributed by atoms with Crippen LogP contribution in [0.3, 0.4) is 0 Å². The van der Waals surface area contributed by atoms with E-state index in [1.54, 1.807) is 7.85 Å². The van der Waals surface area contributed by atoms with Gasteiger partial charge in [-0.3, -0.25) is 4.79 Å². The lowest BCUT2D eigenvalue weighted by Crippen LogP contribution is -2.18. The van der Waals surface area contributed by atoms with Crippen LogP contribution in [0.15, 0.2) is 12.1 Å². The first-order valence-corrected chi connectivity index (χ1v) is 3.38. The van der Waals surface area contributed by atoms with Crippen molar-refractivity contribution in [2.45, 2.75) is 0 Å². The molecule has 1 amide bonds. The predicted octanol–water partition coefficient (Wildman–Crippen LogP) is -1.23. The summed E-state index contributed by atoms with van der Waals surface area (Å²) in [5.41, 5.74) is 11.1. The van der Waals surface area contributed by atoms with Crippen LogP contribution in [-0.2, 0) is 0 Å². The topological polar surface area (TPSA) is 69.1 Å². The van der Waals surface area contributed by atoms with E-state index in [1.807, 2.05) is 0 Å². The standard InChI is InChI=1S/C7H8BFN2O/c8-4-2-5(9)3(7(11)12)1-6(4)10/h1-2H,8,10H2,(H2,11,12). The summed E-state index contributed by atoms with van der Waals surface area (Å²) in [4.78, 5) is 10.6. The Kier molecular flexibility index (Phi) is 2.04. The number of hydrogen-bond acceptors (Lipinski definition) is 2. The average Bonchev–Trinajstić information content (AvgIpc) is 1.96. The highest BCUT2D eigenvalue weighted by molar-refractivity contribution is 6.35. The summed E-state index contributed by atoms with van der Waals surface area (Å²) >= 11 is 0. The van der Waals surface area contributed by atoms with Gasteiger partial charge in [-0.1, -0.05) is 5.46 Å². The molecule has 0 aliphatic carbocycles. The zero-order valence-electron chi connectivity index (χ0n) is 6.60. The highest BCUT2D eigenvalue weighted by Crippen LogP contribution is 2.08. The lowest BCUT2D eigenvalue weighted by atomic mass is 9.92. The number of primary amides is 1. The van der Waals surface area contributed by atoms with Crippen LogP contribution < -0.4 is 16.9 Å². The molecule has 12 heavy (non-hydrogen) atoms. The van der Waals surface area contributed by atoms with Gasteiger partial charge in [0.2, 0.25) is 0 Å². The van der Waals surface area contributed by atoms with E-state index in [2.05, 4.69) is 0 Å². The summed E-state index contributed by atoms with van der Waals surface area (Å²) in [6.07, 6.45) is 0. The number of carbonyl (C=O) groups is 1. The summed E-state index contributed by atoms with van der Waals surface area (Å²) in [7, 11) is 1.66. The number of nitrogen functional groups attached to an aromatic ring is 1. The Morgan fingerprint density at radius 3 is 2.58 bits per heavy atom. The Labute approximate surface area is 70.0 Å². The van der Waals surface area contributed by atoms with E-state index in [9.17, 15) is 9.18 Å². The SMILES string of the molecule is Bc1cc(F)c(C(N)=O)cc1N. The molecule has 0 atom stereocenters. The zero-order chi connectivity index (χ0) is 9.30. The summed E-state index contributed by atoms with van der Waals surface area (Å²) in [5.74, 6) is -1.44. The molecule has 0 fully saturated rings. The maximum absolute atomic E-state index is 12.9. The van der Waals surface area contributed by atoms with Crippen molar-refractivity contribution in [2.24, 2.45) is 5.73 Å². The summed E-state index contributed by atoms with van der Waals surface area (Å²) < 4.78 is 12.9. The Morgan fingerprint density at radius 2 is 2.08 bits per heavy atom. The number of nitrogens with two attached hydrogens (primary N) is 2. The van der Waals surface area contributed by atoms with Crippen molar-refractivity contribution < 1.29 is 9.18 Å². The van der Waals surface area contributed by atoms with Crippen LogP contribution >= 0.6 is 0 Å². The van der Waals surface area contributed by atoms with Crippen LogP contribution in [0.4, 0.5) is 10.1 Å². The van der Waals surface area contributed by atoms with Crippen molar-refractivity contribution in [3.63, 3.8) is 0 Å². The molecule has 1 aromatic rings. The number of anilines is 1. The third-order valence-corrected chi connectivity index (χ3v) is 1.62. The third-order valence-electron chi connectivity index (χ3n) is 1.62. The van der Waals surface area contributed by atoms with E-state index in [0.717, 1.165) is 0 Å². The maximum atomic E-state index is 12.9. The first kappa shape index (κ1) is 8.58. The van der Waals surface area contributed by atoms with Gasteiger partial charge in [0, 0.05) is 5.69 Å². The molecule has 0 heterocycles. The predicted molar refractivity (Wildman–Crippen MR) is 47.5 cm³/mol. The molecule has 0 radical (unpaired) electrons. The van der Waals surface area contributed by atoms with Crippen molar-refractivity contribution in [3.05, 3.63) is 23.5 Å². The van der Waals surface area contributed by atoms with Gasteiger partial charge in [0.1, 0.15) is 13.7 Å². The van der Waals surface area contributed by atoms with Gasteiger partial charge in [0.05, 0.1) is 5.56 Å². The van der Waals surface area contributed by atoms with Crippen molar-refractivity contribution in [1.82, 2.24) is 0 Å². The Hall–Kier alpha value is -1.52. The van der Waals surface area contributed by atoms with Gasteiger partial charge >= 0.3 is 0 Å². The average molecular weight is 166 g/mol. The van der Waals surface area contributed by atoms with E-state index in [0.29, 0.717) is 11.2 Å². The number of hydrogen-bond donors (Lipinski definition) is 2. The van der Waals surface area contributed by atoms with Crippen LogP contribution in [0.1, 0.15) is 10.4 Å². The fraction of sp³-hybridized carbons (Fsp3) is 0. The van der Waals surface area contributed by atoms with Crippen LogP contribution in [0.25, 0.3) is 0 Å². The number of amides is 1. The smallest absolute Gasteiger partial charge is 0.251 e. The largest absolute Gasteiger partial charge is 0.399 e. The van der Waals surface area contributed by atoms with E-state index >= 15 is 0 Å². The minimum absolute atomic E-state index is 0.168. The van der Waals surface area contributed by atoms with Crippen molar-refractivity contribution in [1.29, 1.82) is 0 Å². The molecule has 1 aromatic carbocycles. The molecule has 0 saturated heterocycles.